The lowest BCUT2D eigenvalue weighted by Crippen LogP contribution is -1.95. The first kappa shape index (κ1) is 16.6. The van der Waals surface area contributed by atoms with E-state index in [1.165, 1.54) is 11.8 Å². The second-order valence-corrected chi connectivity index (χ2v) is 5.99. The fourth-order valence-corrected chi connectivity index (χ4v) is 2.63. The van der Waals surface area contributed by atoms with Gasteiger partial charge in [-0.05, 0) is 37.4 Å². The molecule has 2 aromatic heterocycles. The number of thioether (sulfide) groups is 1. The van der Waals surface area contributed by atoms with Crippen LogP contribution < -0.4 is 4.74 Å². The van der Waals surface area contributed by atoms with Crippen molar-refractivity contribution in [1.29, 1.82) is 0 Å². The highest BCUT2D eigenvalue weighted by Gasteiger charge is 2.07. The fraction of sp³-hybridized carbons (Fsp3) is 0.188. The monoisotopic (exact) mass is 362 g/mol. The summed E-state index contributed by atoms with van der Waals surface area (Å²) in [4.78, 5) is 0. The van der Waals surface area contributed by atoms with E-state index in [1.54, 1.807) is 17.0 Å². The Balaban J connectivity index is 1.66. The Morgan fingerprint density at radius 2 is 2.12 bits per heavy atom. The molecule has 0 spiro atoms. The van der Waals surface area contributed by atoms with E-state index in [1.807, 2.05) is 43.5 Å². The van der Waals surface area contributed by atoms with Crippen molar-refractivity contribution in [3.63, 3.8) is 0 Å². The number of hydrogen-bond donors (Lipinski definition) is 0. The Labute approximate surface area is 148 Å². The number of rotatable bonds is 6. The smallest absolute Gasteiger partial charge is 0.211 e. The van der Waals surface area contributed by atoms with Gasteiger partial charge in [0.25, 0.3) is 0 Å². The van der Waals surface area contributed by atoms with Crippen LogP contribution in [-0.2, 0) is 6.61 Å². The van der Waals surface area contributed by atoms with Crippen molar-refractivity contribution in [2.75, 3.05) is 6.26 Å². The number of para-hydroxylation sites is 1. The van der Waals surface area contributed by atoms with Crippen LogP contribution >= 0.6 is 23.4 Å². The van der Waals surface area contributed by atoms with Crippen LogP contribution in [0.15, 0.2) is 51.1 Å². The molecule has 0 radical (unpaired) electrons. The number of ether oxygens (including phenoxy) is 1. The summed E-state index contributed by atoms with van der Waals surface area (Å²) in [5, 5.41) is 13.6. The van der Waals surface area contributed by atoms with Gasteiger partial charge in [0.2, 0.25) is 5.16 Å². The van der Waals surface area contributed by atoms with Gasteiger partial charge in [0.05, 0.1) is 11.2 Å². The third-order valence-corrected chi connectivity index (χ3v) is 4.07. The van der Waals surface area contributed by atoms with Crippen LogP contribution in [0.25, 0.3) is 0 Å². The molecule has 0 N–H and O–H groups in total. The van der Waals surface area contributed by atoms with Gasteiger partial charge in [-0.1, -0.05) is 35.5 Å². The van der Waals surface area contributed by atoms with Gasteiger partial charge in [0.15, 0.2) is 5.82 Å². The van der Waals surface area contributed by atoms with Gasteiger partial charge < -0.3 is 9.15 Å². The van der Waals surface area contributed by atoms with Gasteiger partial charge in [-0.3, -0.25) is 0 Å². The Morgan fingerprint density at radius 1 is 1.29 bits per heavy atom. The molecule has 3 aromatic rings. The second kappa shape index (κ2) is 7.55. The van der Waals surface area contributed by atoms with Crippen molar-refractivity contribution in [1.82, 2.24) is 14.9 Å². The standard InChI is InChI=1S/C16H15ClN4O2S/c1-11-19-20-16(24-2)21(11)18-9-12-7-8-13(23-12)10-22-15-6-4-3-5-14(15)17/h3-9H,10H2,1-2H3. The third kappa shape index (κ3) is 3.80. The molecule has 0 aliphatic heterocycles. The van der Waals surface area contributed by atoms with E-state index >= 15 is 0 Å². The zero-order valence-corrected chi connectivity index (χ0v) is 14.7. The molecule has 0 saturated heterocycles. The van der Waals surface area contributed by atoms with E-state index < -0.39 is 0 Å². The van der Waals surface area contributed by atoms with Gasteiger partial charge in [-0.15, -0.1) is 10.2 Å². The molecular formula is C16H15ClN4O2S. The van der Waals surface area contributed by atoms with E-state index in [0.717, 1.165) is 5.16 Å². The van der Waals surface area contributed by atoms with E-state index in [0.29, 0.717) is 34.7 Å². The number of furan rings is 1. The lowest BCUT2D eigenvalue weighted by atomic mass is 10.3. The van der Waals surface area contributed by atoms with Crippen LogP contribution in [0, 0.1) is 6.92 Å². The van der Waals surface area contributed by atoms with E-state index in [9.17, 15) is 0 Å². The minimum Gasteiger partial charge on any atom is -0.484 e. The largest absolute Gasteiger partial charge is 0.484 e. The minimum atomic E-state index is 0.291. The fourth-order valence-electron chi connectivity index (χ4n) is 1.97. The summed E-state index contributed by atoms with van der Waals surface area (Å²) >= 11 is 7.53. The van der Waals surface area contributed by atoms with E-state index in [2.05, 4.69) is 15.3 Å². The van der Waals surface area contributed by atoms with Gasteiger partial charge in [-0.2, -0.15) is 9.78 Å². The van der Waals surface area contributed by atoms with E-state index in [-0.39, 0.29) is 0 Å². The first-order chi connectivity index (χ1) is 11.7. The Bertz CT molecular complexity index is 859. The Morgan fingerprint density at radius 3 is 2.92 bits per heavy atom. The van der Waals surface area contributed by atoms with Gasteiger partial charge in [-0.25, -0.2) is 0 Å². The normalized spacial score (nSPS) is 11.3. The molecule has 0 atom stereocenters. The SMILES string of the molecule is CSc1nnc(C)n1N=Cc1ccc(COc2ccccc2Cl)o1. The molecule has 8 heteroatoms. The van der Waals surface area contributed by atoms with Crippen molar-refractivity contribution in [3.8, 4) is 5.75 Å². The second-order valence-electron chi connectivity index (χ2n) is 4.81. The highest BCUT2D eigenvalue weighted by atomic mass is 35.5. The van der Waals surface area contributed by atoms with Gasteiger partial charge in [0.1, 0.15) is 23.9 Å². The molecule has 0 fully saturated rings. The van der Waals surface area contributed by atoms with Crippen molar-refractivity contribution >= 4 is 29.6 Å². The average molecular weight is 363 g/mol. The summed E-state index contributed by atoms with van der Waals surface area (Å²) in [7, 11) is 0. The Hall–Kier alpha value is -2.25. The molecule has 6 nitrogen and oxygen atoms in total. The zero-order valence-electron chi connectivity index (χ0n) is 13.1. The molecule has 0 aliphatic carbocycles. The third-order valence-electron chi connectivity index (χ3n) is 3.14. The molecule has 2 heterocycles. The maximum Gasteiger partial charge on any atom is 0.211 e. The van der Waals surface area contributed by atoms with Crippen LogP contribution in [-0.4, -0.2) is 27.3 Å². The number of halogens is 1. The summed E-state index contributed by atoms with van der Waals surface area (Å²) in [6.07, 6.45) is 3.54. The number of aromatic nitrogens is 3. The predicted octanol–water partition coefficient (Wildman–Crippen LogP) is 4.02. The molecule has 3 rings (SSSR count). The maximum atomic E-state index is 6.05. The minimum absolute atomic E-state index is 0.291. The maximum absolute atomic E-state index is 6.05. The molecule has 0 aliphatic rings. The quantitative estimate of drug-likeness (QED) is 0.489. The first-order valence-corrected chi connectivity index (χ1v) is 8.74. The number of nitrogens with zero attached hydrogens (tertiary/aromatic N) is 4. The lowest BCUT2D eigenvalue weighted by molar-refractivity contribution is 0.270. The van der Waals surface area contributed by atoms with Gasteiger partial charge in [0, 0.05) is 0 Å². The molecule has 0 saturated carbocycles. The first-order valence-electron chi connectivity index (χ1n) is 7.14. The average Bonchev–Trinajstić information content (AvgIpc) is 3.18. The summed E-state index contributed by atoms with van der Waals surface area (Å²) in [5.41, 5.74) is 0. The van der Waals surface area contributed by atoms with Crippen molar-refractivity contribution < 1.29 is 9.15 Å². The number of benzene rings is 1. The summed E-state index contributed by atoms with van der Waals surface area (Å²) in [6.45, 7) is 2.13. The van der Waals surface area contributed by atoms with Crippen molar-refractivity contribution in [2.24, 2.45) is 5.10 Å². The highest BCUT2D eigenvalue weighted by Crippen LogP contribution is 2.24. The summed E-state index contributed by atoms with van der Waals surface area (Å²) in [6, 6.07) is 11.0. The molecule has 0 bridgehead atoms. The van der Waals surface area contributed by atoms with Crippen LogP contribution in [0.4, 0.5) is 0 Å². The number of hydrogen-bond acceptors (Lipinski definition) is 6. The number of aryl methyl sites for hydroxylation is 1. The molecular weight excluding hydrogens is 348 g/mol. The van der Waals surface area contributed by atoms with Crippen LogP contribution in [0.1, 0.15) is 17.3 Å². The van der Waals surface area contributed by atoms with Crippen LogP contribution in [0.3, 0.4) is 0 Å². The van der Waals surface area contributed by atoms with Gasteiger partial charge >= 0.3 is 0 Å². The van der Waals surface area contributed by atoms with Crippen molar-refractivity contribution in [2.45, 2.75) is 18.7 Å². The topological polar surface area (TPSA) is 65.4 Å². The molecule has 24 heavy (non-hydrogen) atoms. The summed E-state index contributed by atoms with van der Waals surface area (Å²) < 4.78 is 13.0. The molecule has 0 unspecified atom stereocenters. The molecule has 124 valence electrons. The Kier molecular flexibility index (Phi) is 5.22. The molecule has 0 amide bonds. The summed E-state index contributed by atoms with van der Waals surface area (Å²) in [5.74, 6) is 2.63. The van der Waals surface area contributed by atoms with Crippen LogP contribution in [0.2, 0.25) is 5.02 Å². The van der Waals surface area contributed by atoms with Crippen LogP contribution in [0.5, 0.6) is 5.75 Å². The lowest BCUT2D eigenvalue weighted by Gasteiger charge is -2.05. The predicted molar refractivity (Wildman–Crippen MR) is 94.0 cm³/mol. The van der Waals surface area contributed by atoms with E-state index in [4.69, 9.17) is 20.8 Å². The zero-order chi connectivity index (χ0) is 16.9. The molecule has 1 aromatic carbocycles. The highest BCUT2D eigenvalue weighted by molar-refractivity contribution is 7.98. The van der Waals surface area contributed by atoms with Crippen molar-refractivity contribution in [3.05, 3.63) is 58.8 Å².